The van der Waals surface area contributed by atoms with E-state index >= 15 is 0 Å². The molecule has 0 unspecified atom stereocenters. The third-order valence-electron chi connectivity index (χ3n) is 2.56. The molecule has 0 saturated carbocycles. The van der Waals surface area contributed by atoms with Gasteiger partial charge in [0.2, 0.25) is 6.41 Å². The number of anilines is 2. The van der Waals surface area contributed by atoms with Crippen molar-refractivity contribution in [2.24, 2.45) is 0 Å². The molecule has 0 aliphatic rings. The van der Waals surface area contributed by atoms with E-state index in [0.717, 1.165) is 0 Å². The molecule has 2 rings (SSSR count). The van der Waals surface area contributed by atoms with E-state index in [1.54, 1.807) is 24.3 Å². The van der Waals surface area contributed by atoms with Crippen LogP contribution < -0.4 is 10.6 Å². The molecule has 2 amide bonds. The molecular weight excluding hydrogens is 299 g/mol. The van der Waals surface area contributed by atoms with Crippen LogP contribution in [0.2, 0.25) is 10.0 Å². The Balaban J connectivity index is 2.27. The van der Waals surface area contributed by atoms with Crippen LogP contribution in [0.4, 0.5) is 11.4 Å². The van der Waals surface area contributed by atoms with Crippen molar-refractivity contribution in [3.63, 3.8) is 0 Å². The van der Waals surface area contributed by atoms with E-state index in [4.69, 9.17) is 23.2 Å². The van der Waals surface area contributed by atoms with Crippen molar-refractivity contribution in [2.45, 2.75) is 0 Å². The normalized spacial score (nSPS) is 9.90. The summed E-state index contributed by atoms with van der Waals surface area (Å²) in [6, 6.07) is 11.7. The van der Waals surface area contributed by atoms with E-state index in [0.29, 0.717) is 28.4 Å². The molecule has 0 heterocycles. The van der Waals surface area contributed by atoms with Crippen molar-refractivity contribution < 1.29 is 9.59 Å². The third-order valence-corrected chi connectivity index (χ3v) is 3.18. The summed E-state index contributed by atoms with van der Waals surface area (Å²) in [7, 11) is 0. The molecule has 6 heteroatoms. The van der Waals surface area contributed by atoms with Crippen LogP contribution in [0.5, 0.6) is 0 Å². The lowest BCUT2D eigenvalue weighted by Gasteiger charge is -2.10. The van der Waals surface area contributed by atoms with E-state index in [2.05, 4.69) is 10.6 Å². The second kappa shape index (κ2) is 6.41. The van der Waals surface area contributed by atoms with Crippen LogP contribution in [0.1, 0.15) is 10.4 Å². The van der Waals surface area contributed by atoms with Crippen molar-refractivity contribution in [2.75, 3.05) is 10.6 Å². The number of amides is 2. The Labute approximate surface area is 125 Å². The molecular formula is C14H10Cl2N2O2. The molecule has 2 aromatic rings. The van der Waals surface area contributed by atoms with Crippen LogP contribution >= 0.6 is 23.2 Å². The Morgan fingerprint density at radius 3 is 2.30 bits per heavy atom. The Hall–Kier alpha value is -2.04. The molecule has 0 radical (unpaired) electrons. The van der Waals surface area contributed by atoms with Crippen molar-refractivity contribution in [3.05, 3.63) is 58.1 Å². The molecule has 2 N–H and O–H groups in total. The number of carbonyl (C=O) groups excluding carboxylic acids is 2. The van der Waals surface area contributed by atoms with E-state index in [-0.39, 0.29) is 10.9 Å². The predicted molar refractivity (Wildman–Crippen MR) is 80.5 cm³/mol. The van der Waals surface area contributed by atoms with Crippen LogP contribution in [0, 0.1) is 0 Å². The molecule has 4 nitrogen and oxygen atoms in total. The fourth-order valence-electron chi connectivity index (χ4n) is 1.60. The first-order chi connectivity index (χ1) is 9.61. The van der Waals surface area contributed by atoms with Gasteiger partial charge in [0.25, 0.3) is 5.91 Å². The fourth-order valence-corrected chi connectivity index (χ4v) is 2.09. The number of benzene rings is 2. The second-order valence-corrected chi connectivity index (χ2v) is 4.71. The molecule has 20 heavy (non-hydrogen) atoms. The van der Waals surface area contributed by atoms with Crippen LogP contribution in [-0.4, -0.2) is 12.3 Å². The summed E-state index contributed by atoms with van der Waals surface area (Å²) in [5.74, 6) is -0.299. The maximum atomic E-state index is 12.0. The molecule has 0 bridgehead atoms. The van der Waals surface area contributed by atoms with Gasteiger partial charge in [0, 0.05) is 5.56 Å². The highest BCUT2D eigenvalue weighted by Crippen LogP contribution is 2.32. The van der Waals surface area contributed by atoms with Crippen LogP contribution in [0.25, 0.3) is 0 Å². The fraction of sp³-hybridized carbons (Fsp3) is 0. The quantitative estimate of drug-likeness (QED) is 0.844. The van der Waals surface area contributed by atoms with Crippen molar-refractivity contribution in [3.8, 4) is 0 Å². The highest BCUT2D eigenvalue weighted by Gasteiger charge is 2.11. The maximum absolute atomic E-state index is 12.0. The summed E-state index contributed by atoms with van der Waals surface area (Å²) < 4.78 is 0. The smallest absolute Gasteiger partial charge is 0.255 e. The first kappa shape index (κ1) is 14.4. The van der Waals surface area contributed by atoms with Gasteiger partial charge < -0.3 is 10.6 Å². The zero-order valence-electron chi connectivity index (χ0n) is 10.2. The van der Waals surface area contributed by atoms with Gasteiger partial charge >= 0.3 is 0 Å². The van der Waals surface area contributed by atoms with Gasteiger partial charge in [-0.3, -0.25) is 9.59 Å². The number of rotatable bonds is 4. The average molecular weight is 309 g/mol. The third kappa shape index (κ3) is 3.29. The Kier molecular flexibility index (Phi) is 4.61. The molecule has 0 atom stereocenters. The number of hydrogen-bond donors (Lipinski definition) is 2. The molecule has 0 saturated heterocycles. The highest BCUT2D eigenvalue weighted by molar-refractivity contribution is 6.38. The Bertz CT molecular complexity index is 645. The minimum absolute atomic E-state index is 0.288. The van der Waals surface area contributed by atoms with E-state index in [9.17, 15) is 9.59 Å². The molecule has 0 aliphatic carbocycles. The van der Waals surface area contributed by atoms with Crippen molar-refractivity contribution in [1.29, 1.82) is 0 Å². The lowest BCUT2D eigenvalue weighted by molar-refractivity contribution is -0.105. The number of halogens is 2. The van der Waals surface area contributed by atoms with Crippen molar-refractivity contribution in [1.82, 2.24) is 0 Å². The monoisotopic (exact) mass is 308 g/mol. The summed E-state index contributed by atoms with van der Waals surface area (Å²) in [5, 5.41) is 5.68. The van der Waals surface area contributed by atoms with Crippen molar-refractivity contribution >= 4 is 46.9 Å². The van der Waals surface area contributed by atoms with Crippen LogP contribution in [-0.2, 0) is 4.79 Å². The number of hydrogen-bond acceptors (Lipinski definition) is 2. The second-order valence-electron chi connectivity index (χ2n) is 3.89. The SMILES string of the molecule is O=CNc1cc(NC(=O)c2ccccc2)c(Cl)cc1Cl. The molecule has 102 valence electrons. The first-order valence-electron chi connectivity index (χ1n) is 5.67. The van der Waals surface area contributed by atoms with Crippen LogP contribution in [0.3, 0.4) is 0 Å². The largest absolute Gasteiger partial charge is 0.327 e. The standard InChI is InChI=1S/C14H10Cl2N2O2/c15-10-6-11(16)13(7-12(10)17-8-19)18-14(20)9-4-2-1-3-5-9/h1-8H,(H,17,19)(H,18,20). The van der Waals surface area contributed by atoms with Gasteiger partial charge in [-0.15, -0.1) is 0 Å². The zero-order chi connectivity index (χ0) is 14.5. The summed E-state index contributed by atoms with van der Waals surface area (Å²) in [6.45, 7) is 0. The van der Waals surface area contributed by atoms with E-state index < -0.39 is 0 Å². The maximum Gasteiger partial charge on any atom is 0.255 e. The molecule has 2 aromatic carbocycles. The van der Waals surface area contributed by atoms with Gasteiger partial charge in [0.05, 0.1) is 21.4 Å². The lowest BCUT2D eigenvalue weighted by atomic mass is 10.2. The van der Waals surface area contributed by atoms with Gasteiger partial charge in [0.15, 0.2) is 0 Å². The van der Waals surface area contributed by atoms with Crippen LogP contribution in [0.15, 0.2) is 42.5 Å². The zero-order valence-corrected chi connectivity index (χ0v) is 11.7. The highest BCUT2D eigenvalue weighted by atomic mass is 35.5. The minimum Gasteiger partial charge on any atom is -0.327 e. The Morgan fingerprint density at radius 2 is 1.65 bits per heavy atom. The average Bonchev–Trinajstić information content (AvgIpc) is 2.45. The van der Waals surface area contributed by atoms with Gasteiger partial charge in [-0.2, -0.15) is 0 Å². The Morgan fingerprint density at radius 1 is 1.00 bits per heavy atom. The predicted octanol–water partition coefficient (Wildman–Crippen LogP) is 3.81. The first-order valence-corrected chi connectivity index (χ1v) is 6.43. The number of carbonyl (C=O) groups is 2. The molecule has 0 spiro atoms. The van der Waals surface area contributed by atoms with Gasteiger partial charge in [0.1, 0.15) is 0 Å². The molecule has 0 fully saturated rings. The molecule has 0 aliphatic heterocycles. The van der Waals surface area contributed by atoms with Gasteiger partial charge in [-0.1, -0.05) is 41.4 Å². The number of nitrogens with one attached hydrogen (secondary N) is 2. The summed E-state index contributed by atoms with van der Waals surface area (Å²) in [4.78, 5) is 22.5. The van der Waals surface area contributed by atoms with E-state index in [1.807, 2.05) is 6.07 Å². The summed E-state index contributed by atoms with van der Waals surface area (Å²) in [6.07, 6.45) is 0.498. The van der Waals surface area contributed by atoms with Gasteiger partial charge in [-0.05, 0) is 24.3 Å². The summed E-state index contributed by atoms with van der Waals surface area (Å²) in [5.41, 5.74) is 1.24. The molecule has 0 aromatic heterocycles. The summed E-state index contributed by atoms with van der Waals surface area (Å²) >= 11 is 11.9. The lowest BCUT2D eigenvalue weighted by Crippen LogP contribution is -2.12. The minimum atomic E-state index is -0.299. The van der Waals surface area contributed by atoms with E-state index in [1.165, 1.54) is 12.1 Å². The van der Waals surface area contributed by atoms with Gasteiger partial charge in [-0.25, -0.2) is 0 Å². The topological polar surface area (TPSA) is 58.2 Å².